The van der Waals surface area contributed by atoms with Gasteiger partial charge in [0.2, 0.25) is 0 Å². The van der Waals surface area contributed by atoms with Gasteiger partial charge in [-0.2, -0.15) is 11.2 Å². The molecule has 0 nitrogen and oxygen atoms in total. The molecule has 0 aromatic rings. The van der Waals surface area contributed by atoms with Crippen molar-refractivity contribution in [3.8, 4) is 0 Å². The summed E-state index contributed by atoms with van der Waals surface area (Å²) in [5, 5.41) is 0. The lowest BCUT2D eigenvalue weighted by Crippen LogP contribution is -1.97. The van der Waals surface area contributed by atoms with Gasteiger partial charge < -0.3 is 0 Å². The van der Waals surface area contributed by atoms with Crippen molar-refractivity contribution in [3.05, 3.63) is 0 Å². The number of hydrogen-bond acceptors (Lipinski definition) is 1. The molecule has 0 aromatic carbocycles. The fourth-order valence-electron chi connectivity index (χ4n) is 0.102. The Kier molecular flexibility index (Phi) is 0.785. The molecule has 0 unspecified atom stereocenters. The molecule has 0 aliphatic carbocycles. The lowest BCUT2D eigenvalue weighted by molar-refractivity contribution is 1.48. The highest BCUT2D eigenvalue weighted by atomic mass is 32.4. The van der Waals surface area contributed by atoms with Crippen LogP contribution in [0.2, 0.25) is 6.04 Å². The average Bonchev–Trinajstić information content (AvgIpc) is 0.722. The fourth-order valence-corrected chi connectivity index (χ4v) is 0.919. The Labute approximate surface area is 32.4 Å². The predicted octanol–water partition coefficient (Wildman–Crippen LogP) is 0.771. The van der Waals surface area contributed by atoms with E-state index in [9.17, 15) is 0 Å². The standard InChI is InChI=1S/C2H4SSi/c1-2-4-3-1/h1-2H2. The van der Waals surface area contributed by atoms with Gasteiger partial charge in [-0.1, -0.05) is 0 Å². The summed E-state index contributed by atoms with van der Waals surface area (Å²) in [6.07, 6.45) is 0. The molecule has 0 amide bonds. The summed E-state index contributed by atoms with van der Waals surface area (Å²) in [6, 6.07) is 1.49. The van der Waals surface area contributed by atoms with Crippen molar-refractivity contribution in [2.75, 3.05) is 5.75 Å². The molecular weight excluding hydrogens is 84.2 g/mol. The van der Waals surface area contributed by atoms with Crippen molar-refractivity contribution >= 4 is 19.9 Å². The van der Waals surface area contributed by atoms with Gasteiger partial charge in [0.05, 0.1) is 0 Å². The molecule has 0 N–H and O–H groups in total. The van der Waals surface area contributed by atoms with E-state index in [-0.39, 0.29) is 0 Å². The molecule has 2 heteroatoms. The first-order chi connectivity index (χ1) is 2.00. The first kappa shape index (κ1) is 2.79. The van der Waals surface area contributed by atoms with E-state index in [1.165, 1.54) is 20.5 Å². The molecule has 0 spiro atoms. The van der Waals surface area contributed by atoms with E-state index < -0.39 is 0 Å². The summed E-state index contributed by atoms with van der Waals surface area (Å²) in [6.45, 7) is 0. The van der Waals surface area contributed by atoms with Gasteiger partial charge in [0.25, 0.3) is 0 Å². The Bertz CT molecular complexity index is 14.0. The van der Waals surface area contributed by atoms with Crippen LogP contribution in [0.4, 0.5) is 0 Å². The fraction of sp³-hybridized carbons (Fsp3) is 1.00. The van der Waals surface area contributed by atoms with Crippen LogP contribution in [-0.2, 0) is 0 Å². The normalized spacial score (nSPS) is 24.0. The third-order valence-corrected chi connectivity index (χ3v) is 3.67. The maximum atomic E-state index is 2.06. The molecule has 4 heavy (non-hydrogen) atoms. The molecular formula is C2H4SSi. The first-order valence-corrected chi connectivity index (χ1v) is 4.26. The third kappa shape index (κ3) is 0.302. The Morgan fingerprint density at radius 3 is 2.00 bits per heavy atom. The quantitative estimate of drug-likeness (QED) is 0.394. The van der Waals surface area contributed by atoms with Gasteiger partial charge in [-0.3, -0.25) is 0 Å². The van der Waals surface area contributed by atoms with Crippen LogP contribution in [0.1, 0.15) is 0 Å². The zero-order chi connectivity index (χ0) is 2.83. The van der Waals surface area contributed by atoms with Crippen molar-refractivity contribution in [1.29, 1.82) is 0 Å². The number of hydrogen-bond donors (Lipinski definition) is 0. The Morgan fingerprint density at radius 2 is 2.00 bits per heavy atom. The number of rotatable bonds is 0. The van der Waals surface area contributed by atoms with Gasteiger partial charge in [0.15, 0.2) is 0 Å². The minimum absolute atomic E-state index is 1.24. The van der Waals surface area contributed by atoms with Crippen molar-refractivity contribution in [3.63, 3.8) is 0 Å². The second-order valence-electron chi connectivity index (χ2n) is 0.743. The van der Waals surface area contributed by atoms with Gasteiger partial charge in [-0.15, -0.1) is 0 Å². The lowest BCUT2D eigenvalue weighted by Gasteiger charge is -2.03. The summed E-state index contributed by atoms with van der Waals surface area (Å²) in [5.74, 6) is 1.43. The largest absolute Gasteiger partial charge is 0.190 e. The highest BCUT2D eigenvalue weighted by Crippen LogP contribution is 2.12. The summed E-state index contributed by atoms with van der Waals surface area (Å²) >= 11 is 2.06. The van der Waals surface area contributed by atoms with Gasteiger partial charge >= 0.3 is 0 Å². The van der Waals surface area contributed by atoms with Crippen LogP contribution in [0.15, 0.2) is 0 Å². The zero-order valence-electron chi connectivity index (χ0n) is 2.32. The molecule has 1 aliphatic heterocycles. The maximum absolute atomic E-state index is 2.06. The van der Waals surface area contributed by atoms with Crippen molar-refractivity contribution in [2.45, 2.75) is 6.04 Å². The topological polar surface area (TPSA) is 0 Å². The molecule has 22 valence electrons. The molecule has 1 rings (SSSR count). The van der Waals surface area contributed by atoms with Crippen molar-refractivity contribution in [1.82, 2.24) is 0 Å². The minimum Gasteiger partial charge on any atom is -0.190 e. The van der Waals surface area contributed by atoms with Crippen molar-refractivity contribution in [2.24, 2.45) is 0 Å². The summed E-state index contributed by atoms with van der Waals surface area (Å²) in [5.41, 5.74) is 0. The predicted molar refractivity (Wildman–Crippen MR) is 23.0 cm³/mol. The third-order valence-electron chi connectivity index (χ3n) is 0.408. The molecule has 1 aliphatic rings. The van der Waals surface area contributed by atoms with E-state index in [4.69, 9.17) is 0 Å². The highest BCUT2D eigenvalue weighted by molar-refractivity contribution is 8.24. The summed E-state index contributed by atoms with van der Waals surface area (Å²) in [7, 11) is 1.24. The Hall–Kier alpha value is 0.567. The molecule has 0 saturated carbocycles. The van der Waals surface area contributed by atoms with Crippen molar-refractivity contribution < 1.29 is 0 Å². The molecule has 0 atom stereocenters. The van der Waals surface area contributed by atoms with Crippen LogP contribution in [0.25, 0.3) is 0 Å². The van der Waals surface area contributed by atoms with Gasteiger partial charge in [-0.05, 0) is 11.8 Å². The monoisotopic (exact) mass is 88.0 g/mol. The van der Waals surface area contributed by atoms with E-state index in [0.717, 1.165) is 0 Å². The molecule has 0 aromatic heterocycles. The van der Waals surface area contributed by atoms with E-state index in [2.05, 4.69) is 11.2 Å². The second kappa shape index (κ2) is 1.13. The summed E-state index contributed by atoms with van der Waals surface area (Å²) in [4.78, 5) is 0. The molecule has 1 fully saturated rings. The Balaban J connectivity index is 2.00. The second-order valence-corrected chi connectivity index (χ2v) is 3.96. The van der Waals surface area contributed by atoms with E-state index >= 15 is 0 Å². The van der Waals surface area contributed by atoms with Crippen LogP contribution in [0.3, 0.4) is 0 Å². The zero-order valence-corrected chi connectivity index (χ0v) is 4.14. The van der Waals surface area contributed by atoms with Crippen LogP contribution in [0.5, 0.6) is 0 Å². The van der Waals surface area contributed by atoms with Crippen LogP contribution >= 0.6 is 11.2 Å². The molecule has 1 heterocycles. The summed E-state index contributed by atoms with van der Waals surface area (Å²) < 4.78 is 0. The van der Waals surface area contributed by atoms with Crippen LogP contribution < -0.4 is 0 Å². The molecule has 2 radical (unpaired) electrons. The lowest BCUT2D eigenvalue weighted by atomic mass is 11.0. The molecule has 1 saturated heterocycles. The van der Waals surface area contributed by atoms with E-state index in [1.54, 1.807) is 0 Å². The minimum atomic E-state index is 1.24. The van der Waals surface area contributed by atoms with E-state index in [0.29, 0.717) is 0 Å². The van der Waals surface area contributed by atoms with Crippen LogP contribution in [-0.4, -0.2) is 14.4 Å². The van der Waals surface area contributed by atoms with Gasteiger partial charge in [0, 0.05) is 0 Å². The van der Waals surface area contributed by atoms with Gasteiger partial charge in [0.1, 0.15) is 8.67 Å². The highest BCUT2D eigenvalue weighted by Gasteiger charge is 1.97. The Morgan fingerprint density at radius 1 is 1.75 bits per heavy atom. The van der Waals surface area contributed by atoms with Crippen LogP contribution in [0, 0.1) is 0 Å². The molecule has 0 bridgehead atoms. The maximum Gasteiger partial charge on any atom is 0.123 e. The smallest absolute Gasteiger partial charge is 0.123 e. The first-order valence-electron chi connectivity index (χ1n) is 1.35. The average molecular weight is 88.2 g/mol. The SMILES string of the molecule is C1CS[Si]1. The van der Waals surface area contributed by atoms with Gasteiger partial charge in [-0.25, -0.2) is 0 Å². The van der Waals surface area contributed by atoms with E-state index in [1.807, 2.05) is 0 Å².